The molecule has 0 aromatic heterocycles. The van der Waals surface area contributed by atoms with Crippen LogP contribution in [0.2, 0.25) is 0 Å². The summed E-state index contributed by atoms with van der Waals surface area (Å²) in [7, 11) is 0. The van der Waals surface area contributed by atoms with Gasteiger partial charge in [0, 0.05) is 69.4 Å². The monoisotopic (exact) mass is 521 g/mol. The topological polar surface area (TPSA) is 85.0 Å². The molecule has 2 N–H and O–H groups in total. The van der Waals surface area contributed by atoms with Crippen molar-refractivity contribution in [3.8, 4) is 0 Å². The van der Waals surface area contributed by atoms with E-state index < -0.39 is 5.82 Å². The molecule has 1 saturated carbocycles. The van der Waals surface area contributed by atoms with Crippen molar-refractivity contribution in [1.29, 1.82) is 0 Å². The number of hydrogen-bond donors (Lipinski definition) is 2. The second-order valence-electron chi connectivity index (χ2n) is 10.4. The van der Waals surface area contributed by atoms with Crippen LogP contribution in [-0.2, 0) is 4.79 Å². The van der Waals surface area contributed by atoms with Gasteiger partial charge in [-0.25, -0.2) is 4.39 Å². The van der Waals surface area contributed by atoms with E-state index in [0.29, 0.717) is 56.1 Å². The molecular formula is C29H36FN5O3. The van der Waals surface area contributed by atoms with Crippen molar-refractivity contribution >= 4 is 29.1 Å². The van der Waals surface area contributed by atoms with E-state index in [1.54, 1.807) is 6.07 Å². The molecule has 38 heavy (non-hydrogen) atoms. The molecule has 0 atom stereocenters. The summed E-state index contributed by atoms with van der Waals surface area (Å²) in [5, 5.41) is 6.21. The average Bonchev–Trinajstić information content (AvgIpc) is 2.97. The molecular weight excluding hydrogens is 485 g/mol. The zero-order chi connectivity index (χ0) is 26.5. The number of rotatable bonds is 5. The third-order valence-electron chi connectivity index (χ3n) is 7.89. The molecule has 3 amide bonds. The molecule has 8 nitrogen and oxygen atoms in total. The number of amides is 3. The minimum Gasteiger partial charge on any atom is -0.366 e. The van der Waals surface area contributed by atoms with Gasteiger partial charge < -0.3 is 25.3 Å². The smallest absolute Gasteiger partial charge is 0.255 e. The Morgan fingerprint density at radius 1 is 0.789 bits per heavy atom. The van der Waals surface area contributed by atoms with Crippen LogP contribution in [-0.4, -0.2) is 79.9 Å². The Bertz CT molecular complexity index is 1150. The number of carbonyl (C=O) groups excluding carboxylic acids is 3. The van der Waals surface area contributed by atoms with Gasteiger partial charge in [-0.2, -0.15) is 0 Å². The van der Waals surface area contributed by atoms with Gasteiger partial charge in [-0.3, -0.25) is 14.4 Å². The Labute approximate surface area is 223 Å². The minimum absolute atomic E-state index is 0.0711. The molecule has 2 aromatic rings. The Morgan fingerprint density at radius 3 is 2.13 bits per heavy atom. The van der Waals surface area contributed by atoms with E-state index in [4.69, 9.17) is 0 Å². The van der Waals surface area contributed by atoms with Gasteiger partial charge in [0.25, 0.3) is 11.8 Å². The van der Waals surface area contributed by atoms with E-state index in [-0.39, 0.29) is 23.6 Å². The van der Waals surface area contributed by atoms with Crippen LogP contribution in [0.15, 0.2) is 42.5 Å². The lowest BCUT2D eigenvalue weighted by atomic mass is 9.88. The third-order valence-corrected chi connectivity index (χ3v) is 7.89. The standard InChI is InChI=1S/C29H36FN5O3/c30-24-9-6-21(7-10-24)27(36)32-25-20-23(29(38)34-14-12-31-13-15-34)8-11-26(25)33-16-18-35(19-17-33)28(37)22-4-2-1-3-5-22/h6-11,20,22,31H,1-5,12-19H2,(H,32,36). The summed E-state index contributed by atoms with van der Waals surface area (Å²) in [5.74, 6) is -0.434. The van der Waals surface area contributed by atoms with E-state index in [9.17, 15) is 18.8 Å². The fourth-order valence-electron chi connectivity index (χ4n) is 5.67. The van der Waals surface area contributed by atoms with Crippen LogP contribution >= 0.6 is 0 Å². The van der Waals surface area contributed by atoms with Gasteiger partial charge in [-0.1, -0.05) is 19.3 Å². The van der Waals surface area contributed by atoms with Crippen LogP contribution in [0.25, 0.3) is 0 Å². The molecule has 3 fully saturated rings. The van der Waals surface area contributed by atoms with Gasteiger partial charge in [0.15, 0.2) is 0 Å². The van der Waals surface area contributed by atoms with Crippen molar-refractivity contribution < 1.29 is 18.8 Å². The number of benzene rings is 2. The van der Waals surface area contributed by atoms with Crippen molar-refractivity contribution in [2.45, 2.75) is 32.1 Å². The van der Waals surface area contributed by atoms with Crippen LogP contribution < -0.4 is 15.5 Å². The first-order valence-corrected chi connectivity index (χ1v) is 13.7. The highest BCUT2D eigenvalue weighted by atomic mass is 19.1. The van der Waals surface area contributed by atoms with Crippen molar-refractivity contribution in [3.05, 3.63) is 59.4 Å². The maximum absolute atomic E-state index is 13.4. The van der Waals surface area contributed by atoms with Crippen molar-refractivity contribution in [3.63, 3.8) is 0 Å². The summed E-state index contributed by atoms with van der Waals surface area (Å²) in [5.41, 5.74) is 2.18. The maximum Gasteiger partial charge on any atom is 0.255 e. The number of anilines is 2. The van der Waals surface area contributed by atoms with Crippen molar-refractivity contribution in [1.82, 2.24) is 15.1 Å². The number of halogens is 1. The summed E-state index contributed by atoms with van der Waals surface area (Å²) in [6.45, 7) is 5.31. The Hall–Kier alpha value is -3.46. The highest BCUT2D eigenvalue weighted by Crippen LogP contribution is 2.31. The second kappa shape index (κ2) is 11.9. The first kappa shape index (κ1) is 26.2. The van der Waals surface area contributed by atoms with Gasteiger partial charge in [-0.05, 0) is 55.3 Å². The molecule has 1 aliphatic carbocycles. The van der Waals surface area contributed by atoms with E-state index >= 15 is 0 Å². The molecule has 2 aromatic carbocycles. The molecule has 3 aliphatic rings. The fraction of sp³-hybridized carbons (Fsp3) is 0.483. The highest BCUT2D eigenvalue weighted by Gasteiger charge is 2.29. The van der Waals surface area contributed by atoms with Gasteiger partial charge >= 0.3 is 0 Å². The maximum atomic E-state index is 13.4. The van der Waals surface area contributed by atoms with Gasteiger partial charge in [-0.15, -0.1) is 0 Å². The highest BCUT2D eigenvalue weighted by molar-refractivity contribution is 6.07. The first-order valence-electron chi connectivity index (χ1n) is 13.7. The third kappa shape index (κ3) is 5.99. The Morgan fingerprint density at radius 2 is 1.45 bits per heavy atom. The van der Waals surface area contributed by atoms with E-state index in [1.807, 2.05) is 21.9 Å². The van der Waals surface area contributed by atoms with E-state index in [2.05, 4.69) is 15.5 Å². The van der Waals surface area contributed by atoms with Crippen LogP contribution in [0.5, 0.6) is 0 Å². The zero-order valence-corrected chi connectivity index (χ0v) is 21.8. The Balaban J connectivity index is 1.34. The molecule has 2 saturated heterocycles. The summed E-state index contributed by atoms with van der Waals surface area (Å²) in [4.78, 5) is 45.2. The normalized spacial score (nSPS) is 18.8. The van der Waals surface area contributed by atoms with E-state index in [1.165, 1.54) is 30.7 Å². The largest absolute Gasteiger partial charge is 0.366 e. The molecule has 2 aliphatic heterocycles. The lowest BCUT2D eigenvalue weighted by Gasteiger charge is -2.39. The summed E-state index contributed by atoms with van der Waals surface area (Å²) in [6, 6.07) is 10.8. The molecule has 0 radical (unpaired) electrons. The molecule has 202 valence electrons. The molecule has 9 heteroatoms. The van der Waals surface area contributed by atoms with Crippen molar-refractivity contribution in [2.24, 2.45) is 5.92 Å². The number of hydrogen-bond acceptors (Lipinski definition) is 5. The number of carbonyl (C=O) groups is 3. The second-order valence-corrected chi connectivity index (χ2v) is 10.4. The summed E-state index contributed by atoms with van der Waals surface area (Å²) in [6.07, 6.45) is 5.46. The molecule has 0 unspecified atom stereocenters. The van der Waals surface area contributed by atoms with Crippen molar-refractivity contribution in [2.75, 3.05) is 62.6 Å². The lowest BCUT2D eigenvalue weighted by Crippen LogP contribution is -2.50. The van der Waals surface area contributed by atoms with Gasteiger partial charge in [0.2, 0.25) is 5.91 Å². The van der Waals surface area contributed by atoms with Crippen LogP contribution in [0.1, 0.15) is 52.8 Å². The average molecular weight is 522 g/mol. The summed E-state index contributed by atoms with van der Waals surface area (Å²) >= 11 is 0. The van der Waals surface area contributed by atoms with Crippen LogP contribution in [0.3, 0.4) is 0 Å². The van der Waals surface area contributed by atoms with Gasteiger partial charge in [0.1, 0.15) is 5.82 Å². The van der Waals surface area contributed by atoms with Crippen LogP contribution in [0, 0.1) is 11.7 Å². The fourth-order valence-corrected chi connectivity index (χ4v) is 5.67. The van der Waals surface area contributed by atoms with Gasteiger partial charge in [0.05, 0.1) is 11.4 Å². The number of nitrogens with one attached hydrogen (secondary N) is 2. The lowest BCUT2D eigenvalue weighted by molar-refractivity contribution is -0.136. The molecule has 0 bridgehead atoms. The Kier molecular flexibility index (Phi) is 8.22. The van der Waals surface area contributed by atoms with Crippen LogP contribution in [0.4, 0.5) is 15.8 Å². The SMILES string of the molecule is O=C(Nc1cc(C(=O)N2CCNCC2)ccc1N1CCN(C(=O)C2CCCCC2)CC1)c1ccc(F)cc1. The minimum atomic E-state index is -0.411. The first-order chi connectivity index (χ1) is 18.5. The van der Waals surface area contributed by atoms with E-state index in [0.717, 1.165) is 44.5 Å². The summed E-state index contributed by atoms with van der Waals surface area (Å²) < 4.78 is 13.4. The predicted molar refractivity (Wildman–Crippen MR) is 145 cm³/mol. The molecule has 2 heterocycles. The quantitative estimate of drug-likeness (QED) is 0.631. The number of nitrogens with zero attached hydrogens (tertiary/aromatic N) is 3. The molecule has 5 rings (SSSR count). The number of piperazine rings is 2. The molecule has 0 spiro atoms. The predicted octanol–water partition coefficient (Wildman–Crippen LogP) is 3.35. The zero-order valence-electron chi connectivity index (χ0n) is 21.8.